The molecule has 0 radical (unpaired) electrons. The summed E-state index contributed by atoms with van der Waals surface area (Å²) in [5.74, 6) is 5.32. The van der Waals surface area contributed by atoms with Gasteiger partial charge in [-0.25, -0.2) is 0 Å². The van der Waals surface area contributed by atoms with Crippen LogP contribution in [0.25, 0.3) is 10.2 Å². The third-order valence-corrected chi connectivity index (χ3v) is 5.24. The van der Waals surface area contributed by atoms with Gasteiger partial charge < -0.3 is 5.10 Å². The van der Waals surface area contributed by atoms with Crippen LogP contribution in [0.15, 0.2) is 27.9 Å². The van der Waals surface area contributed by atoms with Gasteiger partial charge in [0.15, 0.2) is 0 Å². The molecule has 1 aromatic carbocycles. The summed E-state index contributed by atoms with van der Waals surface area (Å²) in [5, 5.41) is 2.84. The van der Waals surface area contributed by atoms with Crippen molar-refractivity contribution < 1.29 is 4.79 Å². The first-order valence-electron chi connectivity index (χ1n) is 8.24. The maximum Gasteiger partial charge on any atom is 0.309 e. The fourth-order valence-corrected chi connectivity index (χ4v) is 3.91. The highest BCUT2D eigenvalue weighted by atomic mass is 32.1. The minimum atomic E-state index is -0.350. The van der Waals surface area contributed by atoms with Gasteiger partial charge in [-0.1, -0.05) is 17.3 Å². The van der Waals surface area contributed by atoms with E-state index in [0.717, 1.165) is 16.0 Å². The number of aryl methyl sites for hydroxylation is 1. The lowest BCUT2D eigenvalue weighted by molar-refractivity contribution is 0.103. The average molecular weight is 369 g/mol. The summed E-state index contributed by atoms with van der Waals surface area (Å²) < 4.78 is 3.79. The van der Waals surface area contributed by atoms with Gasteiger partial charge in [0.1, 0.15) is 5.56 Å². The van der Waals surface area contributed by atoms with Crippen molar-refractivity contribution in [1.29, 1.82) is 0 Å². The van der Waals surface area contributed by atoms with E-state index in [1.807, 2.05) is 13.8 Å². The van der Waals surface area contributed by atoms with Gasteiger partial charge in [-0.3, -0.25) is 23.6 Å². The molecule has 0 bridgehead atoms. The Hall–Kier alpha value is -2.85. The van der Waals surface area contributed by atoms with E-state index in [1.165, 1.54) is 10.9 Å². The highest BCUT2D eigenvalue weighted by molar-refractivity contribution is 7.16. The number of thiazole rings is 1. The molecule has 0 unspecified atom stereocenters. The van der Waals surface area contributed by atoms with E-state index >= 15 is 0 Å². The van der Waals surface area contributed by atoms with Crippen molar-refractivity contribution in [1.82, 2.24) is 14.3 Å². The fraction of sp³-hybridized carbons (Fsp3) is 0.316. The maximum absolute atomic E-state index is 13.0. The van der Waals surface area contributed by atoms with E-state index in [0.29, 0.717) is 16.6 Å². The van der Waals surface area contributed by atoms with E-state index in [9.17, 15) is 14.4 Å². The standard InChI is InChI=1S/C19H19N3O3S/c1-5-6-9-21-16-12(4)13(7-8-15(16)26-19(21)25)17(23)14-10-20-22(11(2)3)18(14)24/h7-8,10-11,20H,9H2,1-4H3. The molecule has 3 rings (SSSR count). The van der Waals surface area contributed by atoms with Crippen LogP contribution in [-0.4, -0.2) is 20.1 Å². The topological polar surface area (TPSA) is 76.9 Å². The van der Waals surface area contributed by atoms with Gasteiger partial charge in [-0.15, -0.1) is 5.92 Å². The second-order valence-corrected chi connectivity index (χ2v) is 7.24. The van der Waals surface area contributed by atoms with E-state index in [4.69, 9.17) is 0 Å². The number of benzene rings is 1. The van der Waals surface area contributed by atoms with Gasteiger partial charge in [0.05, 0.1) is 16.8 Å². The number of carbonyl (C=O) groups excluding carboxylic acids is 1. The molecule has 1 N–H and O–H groups in total. The summed E-state index contributed by atoms with van der Waals surface area (Å²) in [5.41, 5.74) is 1.55. The number of aromatic amines is 1. The first kappa shape index (κ1) is 18.0. The molecule has 6 nitrogen and oxygen atoms in total. The highest BCUT2D eigenvalue weighted by Crippen LogP contribution is 2.25. The maximum atomic E-state index is 13.0. The molecule has 0 saturated heterocycles. The van der Waals surface area contributed by atoms with E-state index < -0.39 is 0 Å². The van der Waals surface area contributed by atoms with Gasteiger partial charge >= 0.3 is 4.87 Å². The molecule has 0 aliphatic rings. The molecule has 3 aromatic rings. The molecule has 0 aliphatic heterocycles. The molecule has 0 atom stereocenters. The van der Waals surface area contributed by atoms with Crippen LogP contribution in [0, 0.1) is 18.8 Å². The Bertz CT molecular complexity index is 1180. The summed E-state index contributed by atoms with van der Waals surface area (Å²) in [6.07, 6.45) is 1.44. The number of hydrogen-bond acceptors (Lipinski definition) is 4. The van der Waals surface area contributed by atoms with Crippen molar-refractivity contribution in [3.05, 3.63) is 55.0 Å². The second kappa shape index (κ2) is 6.81. The van der Waals surface area contributed by atoms with Crippen molar-refractivity contribution in [2.75, 3.05) is 0 Å². The molecule has 0 aliphatic carbocycles. The number of fused-ring (bicyclic) bond motifs is 1. The number of H-pyrrole nitrogens is 1. The van der Waals surface area contributed by atoms with Gasteiger partial charge in [0.2, 0.25) is 5.78 Å². The number of ketones is 1. The lowest BCUT2D eigenvalue weighted by Gasteiger charge is -2.07. The number of aromatic nitrogens is 3. The van der Waals surface area contributed by atoms with Crippen molar-refractivity contribution in [3.63, 3.8) is 0 Å². The first-order valence-corrected chi connectivity index (χ1v) is 9.05. The van der Waals surface area contributed by atoms with Crippen LogP contribution in [0.3, 0.4) is 0 Å². The number of hydrogen-bond donors (Lipinski definition) is 1. The lowest BCUT2D eigenvalue weighted by atomic mass is 10.00. The molecule has 7 heteroatoms. The molecule has 0 fully saturated rings. The summed E-state index contributed by atoms with van der Waals surface area (Å²) in [6, 6.07) is 3.37. The number of rotatable bonds is 4. The molecule has 0 amide bonds. The highest BCUT2D eigenvalue weighted by Gasteiger charge is 2.21. The zero-order valence-corrected chi connectivity index (χ0v) is 15.9. The monoisotopic (exact) mass is 369 g/mol. The third-order valence-electron chi connectivity index (χ3n) is 4.30. The van der Waals surface area contributed by atoms with Gasteiger partial charge in [-0.2, -0.15) is 0 Å². The summed E-state index contributed by atoms with van der Waals surface area (Å²) >= 11 is 1.13. The molecule has 0 saturated carbocycles. The normalized spacial score (nSPS) is 11.0. The van der Waals surface area contributed by atoms with Crippen molar-refractivity contribution >= 4 is 27.3 Å². The Morgan fingerprint density at radius 1 is 1.27 bits per heavy atom. The molecular formula is C19H19N3O3S. The average Bonchev–Trinajstić information content (AvgIpc) is 3.13. The van der Waals surface area contributed by atoms with Crippen molar-refractivity contribution in [3.8, 4) is 11.8 Å². The number of nitrogens with one attached hydrogen (secondary N) is 1. The minimum Gasteiger partial charge on any atom is -0.302 e. The minimum absolute atomic E-state index is 0.0673. The molecule has 2 aromatic heterocycles. The van der Waals surface area contributed by atoms with Crippen LogP contribution in [0.4, 0.5) is 0 Å². The van der Waals surface area contributed by atoms with Crippen LogP contribution in [-0.2, 0) is 6.54 Å². The fourth-order valence-electron chi connectivity index (χ4n) is 2.96. The van der Waals surface area contributed by atoms with Crippen molar-refractivity contribution in [2.24, 2.45) is 0 Å². The Labute approximate surface area is 154 Å². The molecule has 0 spiro atoms. The molecule has 2 heterocycles. The van der Waals surface area contributed by atoms with E-state index in [1.54, 1.807) is 30.5 Å². The zero-order valence-electron chi connectivity index (χ0n) is 15.0. The predicted octanol–water partition coefficient (Wildman–Crippen LogP) is 2.70. The summed E-state index contributed by atoms with van der Waals surface area (Å²) in [6.45, 7) is 7.51. The SMILES string of the molecule is CC#CCn1c(=O)sc2ccc(C(=O)c3c[nH]n(C(C)C)c3=O)c(C)c21. The predicted molar refractivity (Wildman–Crippen MR) is 103 cm³/mol. The van der Waals surface area contributed by atoms with Gasteiger partial charge in [0, 0.05) is 17.8 Å². The Morgan fingerprint density at radius 2 is 2.00 bits per heavy atom. The van der Waals surface area contributed by atoms with Gasteiger partial charge in [-0.05, 0) is 45.4 Å². The third kappa shape index (κ3) is 2.82. The first-order chi connectivity index (χ1) is 12.4. The quantitative estimate of drug-likeness (QED) is 0.567. The van der Waals surface area contributed by atoms with Gasteiger partial charge in [0.25, 0.3) is 5.56 Å². The molecule has 134 valence electrons. The van der Waals surface area contributed by atoms with Crippen LogP contribution < -0.4 is 10.4 Å². The summed E-state index contributed by atoms with van der Waals surface area (Å²) in [4.78, 5) is 37.5. The Morgan fingerprint density at radius 3 is 2.62 bits per heavy atom. The van der Waals surface area contributed by atoms with Crippen LogP contribution >= 0.6 is 11.3 Å². The molecular weight excluding hydrogens is 350 g/mol. The largest absolute Gasteiger partial charge is 0.309 e. The van der Waals surface area contributed by atoms with E-state index in [2.05, 4.69) is 16.9 Å². The number of carbonyl (C=O) groups is 1. The van der Waals surface area contributed by atoms with Crippen LogP contribution in [0.2, 0.25) is 0 Å². The van der Waals surface area contributed by atoms with Crippen LogP contribution in [0.1, 0.15) is 48.3 Å². The number of nitrogens with zero attached hydrogens (tertiary/aromatic N) is 2. The lowest BCUT2D eigenvalue weighted by Crippen LogP contribution is -2.23. The van der Waals surface area contributed by atoms with E-state index in [-0.39, 0.29) is 34.4 Å². The smallest absolute Gasteiger partial charge is 0.302 e. The second-order valence-electron chi connectivity index (χ2n) is 6.25. The summed E-state index contributed by atoms with van der Waals surface area (Å²) in [7, 11) is 0. The zero-order chi connectivity index (χ0) is 19.0. The Balaban J connectivity index is 2.18. The van der Waals surface area contributed by atoms with Crippen molar-refractivity contribution in [2.45, 2.75) is 40.3 Å². The molecule has 26 heavy (non-hydrogen) atoms. The Kier molecular flexibility index (Phi) is 4.70. The van der Waals surface area contributed by atoms with Crippen LogP contribution in [0.5, 0.6) is 0 Å².